The maximum absolute atomic E-state index is 11.1. The minimum Gasteiger partial charge on any atom is -0.478 e. The van der Waals surface area contributed by atoms with Gasteiger partial charge in [0.15, 0.2) is 0 Å². The molecule has 1 aliphatic rings. The molecule has 1 saturated carbocycles. The molecule has 0 amide bonds. The molecular formula is C12H18O4. The molecule has 0 aromatic heterocycles. The van der Waals surface area contributed by atoms with Crippen LogP contribution in [0.5, 0.6) is 0 Å². The fraction of sp³-hybridized carbons (Fsp3) is 0.667. The van der Waals surface area contributed by atoms with Crippen molar-refractivity contribution in [3.8, 4) is 0 Å². The molecule has 0 radical (unpaired) electrons. The van der Waals surface area contributed by atoms with Crippen molar-refractivity contribution in [1.29, 1.82) is 0 Å². The molecule has 1 aliphatic carbocycles. The number of carboxylic acids is 2. The van der Waals surface area contributed by atoms with Gasteiger partial charge in [-0.2, -0.15) is 0 Å². The highest BCUT2D eigenvalue weighted by molar-refractivity contribution is 5.95. The molecule has 1 fully saturated rings. The first-order valence-corrected chi connectivity index (χ1v) is 5.54. The summed E-state index contributed by atoms with van der Waals surface area (Å²) in [5.74, 6) is -2.04. The first-order chi connectivity index (χ1) is 7.35. The zero-order chi connectivity index (χ0) is 12.3. The summed E-state index contributed by atoms with van der Waals surface area (Å²) >= 11 is 0. The molecular weight excluding hydrogens is 208 g/mol. The van der Waals surface area contributed by atoms with E-state index in [0.29, 0.717) is 0 Å². The highest BCUT2D eigenvalue weighted by Gasteiger charge is 2.38. The van der Waals surface area contributed by atoms with Gasteiger partial charge in [0.1, 0.15) is 0 Å². The molecule has 0 aromatic rings. The van der Waals surface area contributed by atoms with Gasteiger partial charge < -0.3 is 10.2 Å². The predicted molar refractivity (Wildman–Crippen MR) is 59.1 cm³/mol. The minimum absolute atomic E-state index is 0.00639. The van der Waals surface area contributed by atoms with Crippen LogP contribution in [0.1, 0.15) is 39.5 Å². The van der Waals surface area contributed by atoms with Crippen LogP contribution >= 0.6 is 0 Å². The summed E-state index contributed by atoms with van der Waals surface area (Å²) in [5.41, 5.74) is -0.562. The van der Waals surface area contributed by atoms with E-state index in [1.54, 1.807) is 0 Å². The van der Waals surface area contributed by atoms with Crippen LogP contribution in [0.3, 0.4) is 0 Å². The van der Waals surface area contributed by atoms with Gasteiger partial charge in [-0.1, -0.05) is 26.7 Å². The molecule has 1 rings (SSSR count). The Morgan fingerprint density at radius 3 is 2.06 bits per heavy atom. The van der Waals surface area contributed by atoms with Gasteiger partial charge in [-0.3, -0.25) is 0 Å². The maximum atomic E-state index is 11.1. The van der Waals surface area contributed by atoms with E-state index >= 15 is 0 Å². The van der Waals surface area contributed by atoms with E-state index in [-0.39, 0.29) is 11.5 Å². The topological polar surface area (TPSA) is 74.6 Å². The van der Waals surface area contributed by atoms with Crippen molar-refractivity contribution in [3.63, 3.8) is 0 Å². The van der Waals surface area contributed by atoms with E-state index in [4.69, 9.17) is 10.2 Å². The lowest BCUT2D eigenvalue weighted by molar-refractivity contribution is -0.136. The normalized spacial score (nSPS) is 18.8. The summed E-state index contributed by atoms with van der Waals surface area (Å²) in [5, 5.41) is 17.8. The average molecular weight is 226 g/mol. The van der Waals surface area contributed by atoms with Crippen LogP contribution in [0.2, 0.25) is 0 Å². The molecule has 0 saturated heterocycles. The first-order valence-electron chi connectivity index (χ1n) is 5.54. The van der Waals surface area contributed by atoms with E-state index in [1.165, 1.54) is 0 Å². The molecule has 0 heterocycles. The van der Waals surface area contributed by atoms with Gasteiger partial charge in [0, 0.05) is 6.08 Å². The van der Waals surface area contributed by atoms with Crippen LogP contribution in [0.15, 0.2) is 11.6 Å². The smallest absolute Gasteiger partial charge is 0.332 e. The van der Waals surface area contributed by atoms with Gasteiger partial charge in [-0.25, -0.2) is 9.59 Å². The Kier molecular flexibility index (Phi) is 3.73. The lowest BCUT2D eigenvalue weighted by Crippen LogP contribution is -2.29. The van der Waals surface area contributed by atoms with Crippen molar-refractivity contribution < 1.29 is 19.8 Å². The average Bonchev–Trinajstić information content (AvgIpc) is 2.66. The molecule has 0 bridgehead atoms. The van der Waals surface area contributed by atoms with E-state index in [1.807, 2.05) is 13.8 Å². The van der Waals surface area contributed by atoms with Crippen LogP contribution < -0.4 is 0 Å². The minimum atomic E-state index is -1.19. The standard InChI is InChI=1S/C12H18O4/c1-12(2,8-5-3-4-6-8)9(11(15)16)7-10(13)14/h7-8H,3-6H2,1-2H3,(H,13,14)(H,15,16)/b9-7+. The highest BCUT2D eigenvalue weighted by atomic mass is 16.4. The van der Waals surface area contributed by atoms with Gasteiger partial charge in [0.25, 0.3) is 0 Å². The van der Waals surface area contributed by atoms with Crippen LogP contribution in [0, 0.1) is 11.3 Å². The predicted octanol–water partition coefficient (Wildman–Crippen LogP) is 2.30. The summed E-state index contributed by atoms with van der Waals surface area (Å²) in [6.07, 6.45) is 5.01. The number of hydrogen-bond acceptors (Lipinski definition) is 2. The fourth-order valence-electron chi connectivity index (χ4n) is 2.51. The summed E-state index contributed by atoms with van der Waals surface area (Å²) in [6, 6.07) is 0. The summed E-state index contributed by atoms with van der Waals surface area (Å²) in [7, 11) is 0. The molecule has 0 atom stereocenters. The third-order valence-corrected chi connectivity index (χ3v) is 3.57. The number of rotatable bonds is 4. The fourth-order valence-corrected chi connectivity index (χ4v) is 2.51. The Balaban J connectivity index is 3.00. The van der Waals surface area contributed by atoms with Crippen molar-refractivity contribution in [2.24, 2.45) is 11.3 Å². The van der Waals surface area contributed by atoms with Crippen LogP contribution in [0.25, 0.3) is 0 Å². The Morgan fingerprint density at radius 1 is 1.19 bits per heavy atom. The maximum Gasteiger partial charge on any atom is 0.332 e. The van der Waals surface area contributed by atoms with Crippen molar-refractivity contribution >= 4 is 11.9 Å². The van der Waals surface area contributed by atoms with Crippen molar-refractivity contribution in [3.05, 3.63) is 11.6 Å². The second-order valence-corrected chi connectivity index (χ2v) is 4.90. The number of carboxylic acid groups (broad SMARTS) is 2. The summed E-state index contributed by atoms with van der Waals surface area (Å²) in [6.45, 7) is 3.65. The van der Waals surface area contributed by atoms with Gasteiger partial charge in [-0.15, -0.1) is 0 Å². The number of aliphatic carboxylic acids is 2. The van der Waals surface area contributed by atoms with E-state index in [0.717, 1.165) is 31.8 Å². The van der Waals surface area contributed by atoms with Crippen molar-refractivity contribution in [1.82, 2.24) is 0 Å². The lowest BCUT2D eigenvalue weighted by Gasteiger charge is -2.32. The molecule has 2 N–H and O–H groups in total. The second-order valence-electron chi connectivity index (χ2n) is 4.90. The van der Waals surface area contributed by atoms with Crippen LogP contribution in [-0.4, -0.2) is 22.2 Å². The summed E-state index contributed by atoms with van der Waals surface area (Å²) in [4.78, 5) is 21.7. The Labute approximate surface area is 95.0 Å². The Bertz CT molecular complexity index is 322. The molecule has 4 heteroatoms. The van der Waals surface area contributed by atoms with Gasteiger partial charge >= 0.3 is 11.9 Å². The SMILES string of the molecule is CC(C)(/C(=C/C(=O)O)C(=O)O)C1CCCC1. The van der Waals surface area contributed by atoms with Gasteiger partial charge in [0.05, 0.1) is 5.57 Å². The Morgan fingerprint density at radius 2 is 1.69 bits per heavy atom. The van der Waals surface area contributed by atoms with Crippen molar-refractivity contribution in [2.45, 2.75) is 39.5 Å². The van der Waals surface area contributed by atoms with Gasteiger partial charge in [0.2, 0.25) is 0 Å². The summed E-state index contributed by atoms with van der Waals surface area (Å²) < 4.78 is 0. The highest BCUT2D eigenvalue weighted by Crippen LogP contribution is 2.44. The van der Waals surface area contributed by atoms with Crippen LogP contribution in [-0.2, 0) is 9.59 Å². The zero-order valence-electron chi connectivity index (χ0n) is 9.69. The second kappa shape index (κ2) is 4.68. The number of hydrogen-bond donors (Lipinski definition) is 2. The first kappa shape index (κ1) is 12.7. The third kappa shape index (κ3) is 2.62. The zero-order valence-corrected chi connectivity index (χ0v) is 9.69. The van der Waals surface area contributed by atoms with E-state index in [9.17, 15) is 9.59 Å². The third-order valence-electron chi connectivity index (χ3n) is 3.57. The monoisotopic (exact) mass is 226 g/mol. The number of carbonyl (C=O) groups is 2. The molecule has 0 aromatic carbocycles. The van der Waals surface area contributed by atoms with E-state index < -0.39 is 17.4 Å². The quantitative estimate of drug-likeness (QED) is 0.721. The molecule has 4 nitrogen and oxygen atoms in total. The van der Waals surface area contributed by atoms with Crippen molar-refractivity contribution in [2.75, 3.05) is 0 Å². The van der Waals surface area contributed by atoms with E-state index in [2.05, 4.69) is 0 Å². The molecule has 0 aliphatic heterocycles. The largest absolute Gasteiger partial charge is 0.478 e. The van der Waals surface area contributed by atoms with Crippen LogP contribution in [0.4, 0.5) is 0 Å². The lowest BCUT2D eigenvalue weighted by atomic mass is 9.72. The molecule has 90 valence electrons. The molecule has 0 spiro atoms. The molecule has 16 heavy (non-hydrogen) atoms. The van der Waals surface area contributed by atoms with Gasteiger partial charge in [-0.05, 0) is 24.2 Å². The Hall–Kier alpha value is -1.32. The molecule has 0 unspecified atom stereocenters.